The van der Waals surface area contributed by atoms with Gasteiger partial charge in [0.15, 0.2) is 16.7 Å². The van der Waals surface area contributed by atoms with E-state index in [1.165, 1.54) is 11.8 Å². The largest absolute Gasteiger partial charge is 0.490 e. The molecule has 1 saturated heterocycles. The predicted molar refractivity (Wildman–Crippen MR) is 157 cm³/mol. The van der Waals surface area contributed by atoms with Crippen molar-refractivity contribution < 1.29 is 14.3 Å². The van der Waals surface area contributed by atoms with Crippen molar-refractivity contribution in [1.29, 1.82) is 0 Å². The Bertz CT molecular complexity index is 1310. The van der Waals surface area contributed by atoms with Crippen LogP contribution in [0.5, 0.6) is 11.5 Å². The molecule has 1 aliphatic heterocycles. The summed E-state index contributed by atoms with van der Waals surface area (Å²) in [6.45, 7) is 7.58. The average molecular weight is 600 g/mol. The van der Waals surface area contributed by atoms with Crippen LogP contribution in [0.3, 0.4) is 0 Å². The van der Waals surface area contributed by atoms with Crippen LogP contribution in [0.4, 0.5) is 5.69 Å². The van der Waals surface area contributed by atoms with Gasteiger partial charge >= 0.3 is 0 Å². The third-order valence-electron chi connectivity index (χ3n) is 5.34. The number of ether oxygens (including phenoxy) is 2. The van der Waals surface area contributed by atoms with Gasteiger partial charge in [-0.2, -0.15) is 0 Å². The molecule has 0 atom stereocenters. The van der Waals surface area contributed by atoms with Crippen LogP contribution in [0.1, 0.15) is 31.9 Å². The summed E-state index contributed by atoms with van der Waals surface area (Å²) in [4.78, 5) is 20.5. The van der Waals surface area contributed by atoms with Crippen LogP contribution in [-0.2, 0) is 11.4 Å². The Morgan fingerprint density at radius 1 is 1.08 bits per heavy atom. The van der Waals surface area contributed by atoms with Crippen LogP contribution >= 0.6 is 39.3 Å². The summed E-state index contributed by atoms with van der Waals surface area (Å²) in [7, 11) is 0. The Morgan fingerprint density at radius 2 is 1.81 bits per heavy atom. The summed E-state index contributed by atoms with van der Waals surface area (Å²) in [6.07, 6.45) is 1.87. The lowest BCUT2D eigenvalue weighted by molar-refractivity contribution is -0.122. The molecule has 37 heavy (non-hydrogen) atoms. The van der Waals surface area contributed by atoms with Gasteiger partial charge in [-0.15, -0.1) is 0 Å². The molecule has 0 spiro atoms. The summed E-state index contributed by atoms with van der Waals surface area (Å²) in [5, 5.41) is 1.30. The van der Waals surface area contributed by atoms with E-state index in [0.29, 0.717) is 52.3 Å². The minimum atomic E-state index is -0.0649. The van der Waals surface area contributed by atoms with Gasteiger partial charge in [0.25, 0.3) is 5.91 Å². The third-order valence-corrected chi connectivity index (χ3v) is 7.19. The standard InChI is InChI=1S/C29H28BrClN2O3S/c1-4-35-25-15-21(14-24(30)27(25)36-18-20-8-6-5-7-9-20)16-26-28(34)33(17-19(2)3)29(37-26)32-23-12-10-22(31)11-13-23/h5-16,19H,4,17-18H2,1-3H3/b26-16-,32-29?. The van der Waals surface area contributed by atoms with Crippen molar-refractivity contribution in [3.05, 3.63) is 92.3 Å². The van der Waals surface area contributed by atoms with Gasteiger partial charge in [-0.3, -0.25) is 9.69 Å². The predicted octanol–water partition coefficient (Wildman–Crippen LogP) is 8.34. The van der Waals surface area contributed by atoms with E-state index in [1.54, 1.807) is 17.0 Å². The Kier molecular flexibility index (Phi) is 9.35. The maximum Gasteiger partial charge on any atom is 0.266 e. The zero-order valence-electron chi connectivity index (χ0n) is 20.9. The van der Waals surface area contributed by atoms with E-state index < -0.39 is 0 Å². The lowest BCUT2D eigenvalue weighted by Crippen LogP contribution is -2.32. The van der Waals surface area contributed by atoms with Gasteiger partial charge in [-0.05, 0) is 94.1 Å². The molecular formula is C29H28BrClN2O3S. The van der Waals surface area contributed by atoms with Crippen molar-refractivity contribution in [2.75, 3.05) is 13.2 Å². The molecule has 0 saturated carbocycles. The van der Waals surface area contributed by atoms with Crippen LogP contribution in [0.2, 0.25) is 5.02 Å². The first-order valence-electron chi connectivity index (χ1n) is 12.0. The van der Waals surface area contributed by atoms with E-state index in [1.807, 2.05) is 67.6 Å². The molecule has 0 aromatic heterocycles. The van der Waals surface area contributed by atoms with E-state index in [4.69, 9.17) is 26.1 Å². The molecule has 1 fully saturated rings. The van der Waals surface area contributed by atoms with Crippen LogP contribution < -0.4 is 9.47 Å². The third kappa shape index (κ3) is 7.18. The monoisotopic (exact) mass is 598 g/mol. The highest BCUT2D eigenvalue weighted by atomic mass is 79.9. The fraction of sp³-hybridized carbons (Fsp3) is 0.241. The molecule has 0 bridgehead atoms. The molecule has 0 aliphatic carbocycles. The van der Waals surface area contributed by atoms with Crippen LogP contribution in [-0.4, -0.2) is 29.1 Å². The lowest BCUT2D eigenvalue weighted by atomic mass is 10.1. The van der Waals surface area contributed by atoms with Crippen LogP contribution in [0.15, 0.2) is 81.1 Å². The fourth-order valence-electron chi connectivity index (χ4n) is 3.70. The van der Waals surface area contributed by atoms with Gasteiger partial charge in [0.1, 0.15) is 6.61 Å². The number of amidine groups is 1. The number of benzene rings is 3. The number of amides is 1. The number of hydrogen-bond acceptors (Lipinski definition) is 5. The smallest absolute Gasteiger partial charge is 0.266 e. The quantitative estimate of drug-likeness (QED) is 0.232. The maximum absolute atomic E-state index is 13.4. The molecule has 192 valence electrons. The first-order valence-corrected chi connectivity index (χ1v) is 14.0. The maximum atomic E-state index is 13.4. The van der Waals surface area contributed by atoms with Gasteiger partial charge < -0.3 is 9.47 Å². The number of hydrogen-bond donors (Lipinski definition) is 0. The summed E-state index contributed by atoms with van der Waals surface area (Å²) >= 11 is 11.0. The molecular weight excluding hydrogens is 572 g/mol. The van der Waals surface area contributed by atoms with E-state index in [9.17, 15) is 4.79 Å². The fourth-order valence-corrected chi connectivity index (χ4v) is 5.41. The van der Waals surface area contributed by atoms with Crippen LogP contribution in [0.25, 0.3) is 6.08 Å². The lowest BCUT2D eigenvalue weighted by Gasteiger charge is -2.17. The van der Waals surface area contributed by atoms with Crippen molar-refractivity contribution in [1.82, 2.24) is 4.90 Å². The molecule has 0 N–H and O–H groups in total. The normalized spacial score (nSPS) is 15.7. The molecule has 1 amide bonds. The SMILES string of the molecule is CCOc1cc(/C=C2\SC(=Nc3ccc(Cl)cc3)N(CC(C)C)C2=O)cc(Br)c1OCc1ccccc1. The molecule has 1 heterocycles. The topological polar surface area (TPSA) is 51.1 Å². The second-order valence-electron chi connectivity index (χ2n) is 8.83. The molecule has 0 unspecified atom stereocenters. The van der Waals surface area contributed by atoms with Gasteiger partial charge in [0.2, 0.25) is 0 Å². The van der Waals surface area contributed by atoms with Crippen molar-refractivity contribution in [2.24, 2.45) is 10.9 Å². The van der Waals surface area contributed by atoms with Crippen molar-refractivity contribution in [3.63, 3.8) is 0 Å². The highest BCUT2D eigenvalue weighted by molar-refractivity contribution is 9.10. The first-order chi connectivity index (χ1) is 17.8. The minimum Gasteiger partial charge on any atom is -0.490 e. The van der Waals surface area contributed by atoms with Crippen molar-refractivity contribution >= 4 is 62.1 Å². The van der Waals surface area contributed by atoms with E-state index in [-0.39, 0.29) is 5.91 Å². The second kappa shape index (κ2) is 12.7. The zero-order valence-corrected chi connectivity index (χ0v) is 24.1. The van der Waals surface area contributed by atoms with Gasteiger partial charge in [0, 0.05) is 11.6 Å². The van der Waals surface area contributed by atoms with Gasteiger partial charge in [-0.1, -0.05) is 55.8 Å². The highest BCUT2D eigenvalue weighted by Crippen LogP contribution is 2.40. The molecule has 0 radical (unpaired) electrons. The minimum absolute atomic E-state index is 0.0649. The second-order valence-corrected chi connectivity index (χ2v) is 11.1. The highest BCUT2D eigenvalue weighted by Gasteiger charge is 2.34. The average Bonchev–Trinajstić information content (AvgIpc) is 3.14. The number of carbonyl (C=O) groups excluding carboxylic acids is 1. The first kappa shape index (κ1) is 27.3. The number of rotatable bonds is 9. The van der Waals surface area contributed by atoms with Crippen molar-refractivity contribution in [2.45, 2.75) is 27.4 Å². The Morgan fingerprint density at radius 3 is 2.49 bits per heavy atom. The van der Waals surface area contributed by atoms with Crippen LogP contribution in [0, 0.1) is 5.92 Å². The molecule has 3 aromatic rings. The van der Waals surface area contributed by atoms with Crippen molar-refractivity contribution in [3.8, 4) is 11.5 Å². The van der Waals surface area contributed by atoms with Gasteiger partial charge in [0.05, 0.1) is 21.7 Å². The molecule has 3 aromatic carbocycles. The Balaban J connectivity index is 1.63. The molecule has 8 heteroatoms. The summed E-state index contributed by atoms with van der Waals surface area (Å²) in [6, 6.07) is 21.1. The summed E-state index contributed by atoms with van der Waals surface area (Å²) in [5.74, 6) is 1.47. The number of aliphatic imine (C=N–C) groups is 1. The van der Waals surface area contributed by atoms with E-state index in [0.717, 1.165) is 21.3 Å². The Hall–Kier alpha value is -2.74. The van der Waals surface area contributed by atoms with E-state index >= 15 is 0 Å². The number of halogens is 2. The molecule has 1 aliphatic rings. The molecule has 4 rings (SSSR count). The number of nitrogens with zero attached hydrogens (tertiary/aromatic N) is 2. The summed E-state index contributed by atoms with van der Waals surface area (Å²) in [5.41, 5.74) is 2.64. The Labute approximate surface area is 235 Å². The van der Waals surface area contributed by atoms with E-state index in [2.05, 4.69) is 29.8 Å². The summed E-state index contributed by atoms with van der Waals surface area (Å²) < 4.78 is 12.8. The number of carbonyl (C=O) groups is 1. The molecule has 5 nitrogen and oxygen atoms in total. The zero-order chi connectivity index (χ0) is 26.4. The van der Waals surface area contributed by atoms with Gasteiger partial charge in [-0.25, -0.2) is 4.99 Å². The number of thioether (sulfide) groups is 1.